The SMILES string of the molecule is [N-]=[N+]=Nc1ccccc1C[C@]1(C(=O)NNCCc2ccc(Br)cc2)N=C(c2ccc(OCCCO)cc2)O[C@H]1c1ccccc1Br. The van der Waals surface area contributed by atoms with E-state index < -0.39 is 17.6 Å². The first-order valence-corrected chi connectivity index (χ1v) is 16.3. The molecule has 0 saturated carbocycles. The van der Waals surface area contributed by atoms with Crippen LogP contribution >= 0.6 is 31.9 Å². The fourth-order valence-electron chi connectivity index (χ4n) is 5.15. The van der Waals surface area contributed by atoms with Crippen LogP contribution < -0.4 is 15.6 Å². The summed E-state index contributed by atoms with van der Waals surface area (Å²) in [5.74, 6) is 0.521. The number of nitrogens with one attached hydrogen (secondary N) is 2. The predicted molar refractivity (Wildman–Crippen MR) is 184 cm³/mol. The molecule has 46 heavy (non-hydrogen) atoms. The van der Waals surface area contributed by atoms with E-state index in [0.717, 1.165) is 20.1 Å². The van der Waals surface area contributed by atoms with E-state index in [4.69, 9.17) is 19.6 Å². The highest BCUT2D eigenvalue weighted by Gasteiger charge is 2.54. The van der Waals surface area contributed by atoms with Crippen molar-refractivity contribution in [1.29, 1.82) is 0 Å². The van der Waals surface area contributed by atoms with Gasteiger partial charge in [-0.25, -0.2) is 10.4 Å². The van der Waals surface area contributed by atoms with Gasteiger partial charge in [0.05, 0.1) is 6.61 Å². The smallest absolute Gasteiger partial charge is 0.266 e. The molecule has 0 bridgehead atoms. The highest BCUT2D eigenvalue weighted by molar-refractivity contribution is 9.10. The molecule has 0 unspecified atom stereocenters. The van der Waals surface area contributed by atoms with Crippen LogP contribution in [0.15, 0.2) is 116 Å². The third kappa shape index (κ3) is 7.96. The van der Waals surface area contributed by atoms with Crippen molar-refractivity contribution in [3.8, 4) is 5.75 Å². The number of carbonyl (C=O) groups is 1. The molecule has 2 atom stereocenters. The summed E-state index contributed by atoms with van der Waals surface area (Å²) in [6.45, 7) is 0.916. The summed E-state index contributed by atoms with van der Waals surface area (Å²) in [5, 5.41) is 13.0. The first-order valence-electron chi connectivity index (χ1n) is 14.7. The van der Waals surface area contributed by atoms with Gasteiger partial charge in [0.15, 0.2) is 11.6 Å². The van der Waals surface area contributed by atoms with Crippen LogP contribution in [0.1, 0.15) is 34.8 Å². The average molecular weight is 748 g/mol. The predicted octanol–water partition coefficient (Wildman–Crippen LogP) is 7.28. The number of nitrogens with zero attached hydrogens (tertiary/aromatic N) is 4. The van der Waals surface area contributed by atoms with Crippen molar-refractivity contribution in [2.45, 2.75) is 30.9 Å². The van der Waals surface area contributed by atoms with Crippen LogP contribution in [-0.4, -0.2) is 42.2 Å². The quantitative estimate of drug-likeness (QED) is 0.0409. The van der Waals surface area contributed by atoms with E-state index >= 15 is 0 Å². The van der Waals surface area contributed by atoms with Gasteiger partial charge in [-0.1, -0.05) is 91.6 Å². The Hall–Kier alpha value is -4.19. The summed E-state index contributed by atoms with van der Waals surface area (Å²) in [5.41, 5.74) is 17.3. The molecule has 0 radical (unpaired) electrons. The summed E-state index contributed by atoms with van der Waals surface area (Å²) < 4.78 is 14.0. The molecular weight excluding hydrogens is 716 g/mol. The Kier molecular flexibility index (Phi) is 11.5. The number of amides is 1. The monoisotopic (exact) mass is 746 g/mol. The fraction of sp³-hybridized carbons (Fsp3) is 0.235. The average Bonchev–Trinajstić information content (AvgIpc) is 3.45. The van der Waals surface area contributed by atoms with Crippen LogP contribution in [0.5, 0.6) is 5.75 Å². The maximum absolute atomic E-state index is 14.4. The summed E-state index contributed by atoms with van der Waals surface area (Å²) in [4.78, 5) is 22.5. The number of hydrazine groups is 1. The third-order valence-electron chi connectivity index (χ3n) is 7.48. The zero-order valence-corrected chi connectivity index (χ0v) is 27.9. The number of benzene rings is 4. The molecule has 10 nitrogen and oxygen atoms in total. The van der Waals surface area contributed by atoms with Gasteiger partial charge in [-0.15, -0.1) is 0 Å². The number of aliphatic hydroxyl groups excluding tert-OH is 1. The van der Waals surface area contributed by atoms with Gasteiger partial charge in [0, 0.05) is 56.7 Å². The molecular formula is C34H32Br2N6O4. The Morgan fingerprint density at radius 3 is 2.50 bits per heavy atom. The molecule has 0 fully saturated rings. The lowest BCUT2D eigenvalue weighted by Gasteiger charge is -2.31. The lowest BCUT2D eigenvalue weighted by molar-refractivity contribution is -0.130. The number of aliphatic hydroxyl groups is 1. The highest BCUT2D eigenvalue weighted by Crippen LogP contribution is 2.45. The van der Waals surface area contributed by atoms with Crippen molar-refractivity contribution in [3.63, 3.8) is 0 Å². The van der Waals surface area contributed by atoms with Gasteiger partial charge in [0.25, 0.3) is 5.91 Å². The molecule has 4 aromatic carbocycles. The van der Waals surface area contributed by atoms with Crippen molar-refractivity contribution < 1.29 is 19.4 Å². The molecule has 236 valence electrons. The summed E-state index contributed by atoms with van der Waals surface area (Å²) in [6, 6.07) is 29.9. The third-order valence-corrected chi connectivity index (χ3v) is 8.73. The molecule has 1 amide bonds. The van der Waals surface area contributed by atoms with Crippen LogP contribution in [0, 0.1) is 0 Å². The van der Waals surface area contributed by atoms with Crippen molar-refractivity contribution >= 4 is 49.4 Å². The van der Waals surface area contributed by atoms with Crippen LogP contribution in [0.2, 0.25) is 0 Å². The molecule has 0 aliphatic carbocycles. The van der Waals surface area contributed by atoms with E-state index in [1.165, 1.54) is 0 Å². The normalized spacial score (nSPS) is 17.0. The number of halogens is 2. The second-order valence-corrected chi connectivity index (χ2v) is 12.3. The molecule has 0 aromatic heterocycles. The van der Waals surface area contributed by atoms with Crippen LogP contribution in [0.4, 0.5) is 5.69 Å². The van der Waals surface area contributed by atoms with Crippen LogP contribution in [0.3, 0.4) is 0 Å². The molecule has 12 heteroatoms. The van der Waals surface area contributed by atoms with Gasteiger partial charge >= 0.3 is 0 Å². The second-order valence-electron chi connectivity index (χ2n) is 10.6. The second kappa shape index (κ2) is 15.9. The molecule has 1 aliphatic rings. The molecule has 0 saturated heterocycles. The Bertz CT molecular complexity index is 1730. The molecule has 1 heterocycles. The van der Waals surface area contributed by atoms with E-state index in [9.17, 15) is 10.3 Å². The highest BCUT2D eigenvalue weighted by atomic mass is 79.9. The van der Waals surface area contributed by atoms with Gasteiger partial charge in [-0.3, -0.25) is 10.2 Å². The Labute approximate surface area is 283 Å². The van der Waals surface area contributed by atoms with Crippen molar-refractivity contribution in [2.75, 3.05) is 19.8 Å². The molecule has 0 spiro atoms. The number of azide groups is 1. The van der Waals surface area contributed by atoms with E-state index in [-0.39, 0.29) is 18.9 Å². The summed E-state index contributed by atoms with van der Waals surface area (Å²) in [6.07, 6.45) is 0.453. The van der Waals surface area contributed by atoms with Crippen molar-refractivity contribution in [3.05, 3.63) is 139 Å². The first-order chi connectivity index (χ1) is 22.4. The van der Waals surface area contributed by atoms with Crippen molar-refractivity contribution in [1.82, 2.24) is 10.9 Å². The van der Waals surface area contributed by atoms with E-state index in [1.54, 1.807) is 24.3 Å². The number of ether oxygens (including phenoxy) is 2. The topological polar surface area (TPSA) is 141 Å². The Balaban J connectivity index is 1.52. The molecule has 5 rings (SSSR count). The molecule has 1 aliphatic heterocycles. The van der Waals surface area contributed by atoms with Gasteiger partial charge in [-0.2, -0.15) is 0 Å². The number of carbonyl (C=O) groups excluding carboxylic acids is 1. The number of rotatable bonds is 14. The van der Waals surface area contributed by atoms with Crippen molar-refractivity contribution in [2.24, 2.45) is 10.1 Å². The standard InChI is InChI=1S/C34H32Br2N6O4/c35-26-14-10-23(11-15-26)18-19-38-41-33(44)34(22-25-6-1-4-9-30(25)40-42-37)31(28-7-2-3-8-29(28)36)46-32(39-34)24-12-16-27(17-13-24)45-21-5-20-43/h1-4,6-17,31,38,43H,5,18-22H2,(H,41,44)/t31-,34-/m0/s1. The largest absolute Gasteiger partial charge is 0.494 e. The Morgan fingerprint density at radius 2 is 1.76 bits per heavy atom. The zero-order chi connectivity index (χ0) is 32.4. The molecule has 3 N–H and O–H groups in total. The molecule has 4 aromatic rings. The first kappa shape index (κ1) is 33.2. The minimum absolute atomic E-state index is 0.0468. The lowest BCUT2D eigenvalue weighted by Crippen LogP contribution is -2.54. The van der Waals surface area contributed by atoms with Crippen LogP contribution in [0.25, 0.3) is 10.4 Å². The van der Waals surface area contributed by atoms with Gasteiger partial charge in [0.2, 0.25) is 5.90 Å². The van der Waals surface area contributed by atoms with E-state index in [2.05, 4.69) is 52.7 Å². The van der Waals surface area contributed by atoms with Gasteiger partial charge in [0.1, 0.15) is 5.75 Å². The minimum Gasteiger partial charge on any atom is -0.494 e. The number of hydrogen-bond donors (Lipinski definition) is 3. The van der Waals surface area contributed by atoms with E-state index in [0.29, 0.717) is 48.6 Å². The minimum atomic E-state index is -1.50. The number of aliphatic imine (C=N–C) groups is 1. The summed E-state index contributed by atoms with van der Waals surface area (Å²) >= 11 is 7.12. The summed E-state index contributed by atoms with van der Waals surface area (Å²) in [7, 11) is 0. The van der Waals surface area contributed by atoms with Crippen LogP contribution in [-0.2, 0) is 22.4 Å². The maximum Gasteiger partial charge on any atom is 0.266 e. The fourth-order valence-corrected chi connectivity index (χ4v) is 5.91. The zero-order valence-electron chi connectivity index (χ0n) is 24.8. The lowest BCUT2D eigenvalue weighted by atomic mass is 9.81. The Morgan fingerprint density at radius 1 is 1.02 bits per heavy atom. The number of hydrogen-bond acceptors (Lipinski definition) is 7. The van der Waals surface area contributed by atoms with E-state index in [1.807, 2.05) is 72.8 Å². The maximum atomic E-state index is 14.4. The van der Waals surface area contributed by atoms with Gasteiger partial charge in [-0.05, 0) is 65.5 Å². The van der Waals surface area contributed by atoms with Gasteiger partial charge < -0.3 is 14.6 Å².